The monoisotopic (exact) mass is 1050 g/mol. The Bertz CT molecular complexity index is 3050. The van der Waals surface area contributed by atoms with Crippen LogP contribution in [0.3, 0.4) is 0 Å². The number of furan rings is 1. The van der Waals surface area contributed by atoms with E-state index in [0.717, 1.165) is 67.7 Å². The third-order valence-electron chi connectivity index (χ3n) is 12.0. The quantitative estimate of drug-likeness (QED) is 0.107. The first-order valence-electron chi connectivity index (χ1n) is 22.9. The van der Waals surface area contributed by atoms with Crippen molar-refractivity contribution in [3.05, 3.63) is 162 Å². The number of aromatic nitrogens is 4. The predicted molar refractivity (Wildman–Crippen MR) is 273 cm³/mol. The van der Waals surface area contributed by atoms with E-state index in [-0.39, 0.29) is 37.4 Å². The zero-order valence-corrected chi connectivity index (χ0v) is 43.5. The fourth-order valence-corrected chi connectivity index (χ4v) is 10.5. The van der Waals surface area contributed by atoms with Gasteiger partial charge in [0.05, 0.1) is 36.2 Å². The number of para-hydroxylation sites is 1. The van der Waals surface area contributed by atoms with Gasteiger partial charge < -0.3 is 14.0 Å². The predicted octanol–water partition coefficient (Wildman–Crippen LogP) is 15.3. The Hall–Kier alpha value is -5.46. The molecule has 9 rings (SSSR count). The van der Waals surface area contributed by atoms with Crippen LogP contribution in [0.1, 0.15) is 96.5 Å². The third kappa shape index (κ3) is 9.75. The van der Waals surface area contributed by atoms with E-state index in [0.29, 0.717) is 5.92 Å². The molecule has 5 aromatic carbocycles. The van der Waals surface area contributed by atoms with Gasteiger partial charge in [0.1, 0.15) is 5.58 Å². The summed E-state index contributed by atoms with van der Waals surface area (Å²) in [7, 11) is -1.34. The van der Waals surface area contributed by atoms with Crippen LogP contribution in [0.5, 0.6) is 0 Å². The molecule has 1 radical (unpaired) electrons. The summed E-state index contributed by atoms with van der Waals surface area (Å²) in [4.78, 5) is 15.0. The van der Waals surface area contributed by atoms with Crippen LogP contribution in [0.2, 0.25) is 19.6 Å². The van der Waals surface area contributed by atoms with Crippen molar-refractivity contribution in [1.29, 1.82) is 0 Å². The SMILES string of the molecule is CC(C)Cc1cc(-c2[c-]cccc2)ncc1[Si](C)(C)C.CC(C)c1cc(-c2ccccc2)cc(C(C)C)c1-n1c(-c2[c-]ccc3c2oc2ccccc23)nc2c(C(C)(C)C)nccc21.[Ir]. The maximum Gasteiger partial charge on any atom is 0.120 e. The molecular formula is C58H62IrN4OSi-2. The number of fused-ring (bicyclic) bond motifs is 4. The summed E-state index contributed by atoms with van der Waals surface area (Å²) in [6, 6.07) is 47.0. The van der Waals surface area contributed by atoms with E-state index in [4.69, 9.17) is 14.4 Å². The van der Waals surface area contributed by atoms with Gasteiger partial charge in [-0.1, -0.05) is 153 Å². The number of benzene rings is 5. The molecule has 0 saturated carbocycles. The zero-order valence-electron chi connectivity index (χ0n) is 40.1. The standard InChI is InChI=1S/C40H38N3O.C18H24NSi.Ir/c1-24(2)31-22-27(26-14-9-8-10-15-26)23-32(25(3)4)36(31)43-33-20-21-41-38(40(5,6)7)35(33)42-39(43)30-18-13-17-29-28-16-11-12-19-34(28)44-37(29)30;1-14(2)11-16-12-17(15-9-7-6-8-10-15)19-13-18(16)20(3,4)5;/h8-17,19-25H,1-7H3;6-9,12-14H,11H2,1-5H3;/q2*-1;. The number of imidazole rings is 1. The van der Waals surface area contributed by atoms with Crippen LogP contribution in [0.15, 0.2) is 132 Å². The third-order valence-corrected chi connectivity index (χ3v) is 14.1. The summed E-state index contributed by atoms with van der Waals surface area (Å²) in [5, 5.41) is 3.65. The number of nitrogens with zero attached hydrogens (tertiary/aromatic N) is 4. The smallest absolute Gasteiger partial charge is 0.120 e. The van der Waals surface area contributed by atoms with Crippen molar-refractivity contribution >= 4 is 46.2 Å². The number of hydrogen-bond donors (Lipinski definition) is 0. The van der Waals surface area contributed by atoms with Crippen molar-refractivity contribution in [1.82, 2.24) is 19.5 Å². The average molecular weight is 1050 g/mol. The zero-order chi connectivity index (χ0) is 45.5. The normalized spacial score (nSPS) is 12.0. The van der Waals surface area contributed by atoms with Gasteiger partial charge in [-0.05, 0) is 81.6 Å². The number of pyridine rings is 2. The summed E-state index contributed by atoms with van der Waals surface area (Å²) in [5.74, 6) is 2.03. The Balaban J connectivity index is 0.000000253. The Morgan fingerprint density at radius 3 is 2.02 bits per heavy atom. The molecule has 4 heterocycles. The van der Waals surface area contributed by atoms with Crippen LogP contribution in [-0.4, -0.2) is 27.6 Å². The largest absolute Gasteiger partial charge is 0.501 e. The van der Waals surface area contributed by atoms with Gasteiger partial charge in [-0.25, -0.2) is 0 Å². The minimum absolute atomic E-state index is 0. The molecule has 0 aliphatic heterocycles. The van der Waals surface area contributed by atoms with E-state index in [2.05, 4.69) is 189 Å². The molecule has 0 atom stereocenters. The summed E-state index contributed by atoms with van der Waals surface area (Å²) in [6.45, 7) is 27.5. The van der Waals surface area contributed by atoms with E-state index in [1.807, 2.05) is 42.6 Å². The van der Waals surface area contributed by atoms with E-state index in [1.165, 1.54) is 38.7 Å². The van der Waals surface area contributed by atoms with Crippen molar-refractivity contribution in [2.45, 2.75) is 106 Å². The first kappa shape index (κ1) is 47.5. The van der Waals surface area contributed by atoms with E-state index in [1.54, 1.807) is 0 Å². The van der Waals surface area contributed by atoms with Crippen molar-refractivity contribution in [3.8, 4) is 39.5 Å². The fraction of sp³-hybridized carbons (Fsp3) is 0.293. The van der Waals surface area contributed by atoms with Crippen LogP contribution in [0, 0.1) is 18.1 Å². The second-order valence-corrected chi connectivity index (χ2v) is 25.3. The van der Waals surface area contributed by atoms with Crippen molar-refractivity contribution < 1.29 is 24.5 Å². The molecule has 7 heteroatoms. The van der Waals surface area contributed by atoms with Crippen LogP contribution < -0.4 is 5.19 Å². The minimum atomic E-state index is -1.34. The maximum atomic E-state index is 6.55. The Labute approximate surface area is 401 Å². The summed E-state index contributed by atoms with van der Waals surface area (Å²) in [6.07, 6.45) is 5.17. The molecule has 4 aromatic heterocycles. The minimum Gasteiger partial charge on any atom is -0.501 e. The number of hydrogen-bond acceptors (Lipinski definition) is 4. The molecule has 0 saturated heterocycles. The van der Waals surface area contributed by atoms with Gasteiger partial charge in [0.15, 0.2) is 0 Å². The van der Waals surface area contributed by atoms with Gasteiger partial charge in [-0.2, -0.15) is 0 Å². The molecule has 0 unspecified atom stereocenters. The Morgan fingerprint density at radius 2 is 1.38 bits per heavy atom. The van der Waals surface area contributed by atoms with E-state index < -0.39 is 8.07 Å². The molecular weight excluding hydrogens is 989 g/mol. The summed E-state index contributed by atoms with van der Waals surface area (Å²) >= 11 is 0. The number of rotatable bonds is 9. The van der Waals surface area contributed by atoms with E-state index in [9.17, 15) is 0 Å². The maximum absolute atomic E-state index is 6.55. The van der Waals surface area contributed by atoms with Gasteiger partial charge in [0.25, 0.3) is 0 Å². The van der Waals surface area contributed by atoms with Crippen LogP contribution in [0.4, 0.5) is 0 Å². The van der Waals surface area contributed by atoms with Gasteiger partial charge in [0.2, 0.25) is 0 Å². The Morgan fingerprint density at radius 1 is 0.708 bits per heavy atom. The molecule has 0 bridgehead atoms. The van der Waals surface area contributed by atoms with E-state index >= 15 is 0 Å². The van der Waals surface area contributed by atoms with Crippen molar-refractivity contribution in [2.75, 3.05) is 0 Å². The molecule has 65 heavy (non-hydrogen) atoms. The molecule has 5 nitrogen and oxygen atoms in total. The molecule has 335 valence electrons. The topological polar surface area (TPSA) is 56.7 Å². The first-order chi connectivity index (χ1) is 30.5. The first-order valence-corrected chi connectivity index (χ1v) is 26.4. The van der Waals surface area contributed by atoms with Gasteiger partial charge >= 0.3 is 0 Å². The molecule has 0 aliphatic carbocycles. The van der Waals surface area contributed by atoms with Gasteiger partial charge in [-0.3, -0.25) is 9.97 Å². The molecule has 0 fully saturated rings. The summed E-state index contributed by atoms with van der Waals surface area (Å²) in [5.41, 5.74) is 15.0. The molecule has 0 aliphatic rings. The fourth-order valence-electron chi connectivity index (χ4n) is 8.90. The van der Waals surface area contributed by atoms with Crippen LogP contribution in [0.25, 0.3) is 72.4 Å². The second kappa shape index (κ2) is 19.2. The Kier molecular flexibility index (Phi) is 14.0. The van der Waals surface area contributed by atoms with Crippen LogP contribution in [-0.2, 0) is 31.9 Å². The average Bonchev–Trinajstić information content (AvgIpc) is 3.84. The van der Waals surface area contributed by atoms with Crippen molar-refractivity contribution in [3.63, 3.8) is 0 Å². The van der Waals surface area contributed by atoms with Gasteiger partial charge in [-0.15, -0.1) is 54.1 Å². The molecule has 0 spiro atoms. The molecule has 0 amide bonds. The summed E-state index contributed by atoms with van der Waals surface area (Å²) < 4.78 is 8.92. The van der Waals surface area contributed by atoms with Gasteiger partial charge in [0, 0.05) is 49.0 Å². The molecule has 0 N–H and O–H groups in total. The van der Waals surface area contributed by atoms with Crippen LogP contribution >= 0.6 is 0 Å². The van der Waals surface area contributed by atoms with Crippen molar-refractivity contribution in [2.24, 2.45) is 5.92 Å². The molecule has 9 aromatic rings. The second-order valence-electron chi connectivity index (χ2n) is 20.3.